The molecule has 1 N–H and O–H groups in total. The predicted octanol–water partition coefficient (Wildman–Crippen LogP) is 3.07. The molecule has 0 atom stereocenters. The van der Waals surface area contributed by atoms with Crippen LogP contribution in [0.25, 0.3) is 11.5 Å². The van der Waals surface area contributed by atoms with E-state index in [1.54, 1.807) is 12.1 Å². The second kappa shape index (κ2) is 6.63. The van der Waals surface area contributed by atoms with Crippen molar-refractivity contribution >= 4 is 11.6 Å². The summed E-state index contributed by atoms with van der Waals surface area (Å²) in [4.78, 5) is 0. The van der Waals surface area contributed by atoms with Crippen molar-refractivity contribution in [1.82, 2.24) is 15.5 Å². The summed E-state index contributed by atoms with van der Waals surface area (Å²) in [5, 5.41) is 11.0. The minimum absolute atomic E-state index is 0.0434. The number of hydrogen-bond acceptors (Lipinski definition) is 4. The van der Waals surface area contributed by atoms with Gasteiger partial charge in [-0.2, -0.15) is 0 Å². The van der Waals surface area contributed by atoms with E-state index in [2.05, 4.69) is 22.4 Å². The van der Waals surface area contributed by atoms with Crippen LogP contribution in [0.4, 0.5) is 4.39 Å². The molecule has 0 saturated heterocycles. The molecule has 0 radical (unpaired) electrons. The van der Waals surface area contributed by atoms with Crippen molar-refractivity contribution in [1.29, 1.82) is 0 Å². The SMILES string of the molecule is CCCNCCc1nnc(-c2cccc(Cl)c2F)o1. The summed E-state index contributed by atoms with van der Waals surface area (Å²) < 4.78 is 19.2. The van der Waals surface area contributed by atoms with Gasteiger partial charge in [-0.05, 0) is 25.1 Å². The van der Waals surface area contributed by atoms with Gasteiger partial charge in [0, 0.05) is 13.0 Å². The molecule has 0 amide bonds. The monoisotopic (exact) mass is 283 g/mol. The van der Waals surface area contributed by atoms with Crippen LogP contribution in [0, 0.1) is 5.82 Å². The molecule has 1 aromatic carbocycles. The summed E-state index contributed by atoms with van der Waals surface area (Å²) in [5.41, 5.74) is 0.229. The fraction of sp³-hybridized carbons (Fsp3) is 0.385. The number of aromatic nitrogens is 2. The van der Waals surface area contributed by atoms with Crippen molar-refractivity contribution in [3.05, 3.63) is 34.9 Å². The fourth-order valence-corrected chi connectivity index (χ4v) is 1.80. The standard InChI is InChI=1S/C13H15ClFN3O/c1-2-7-16-8-6-11-17-18-13(19-11)9-4-3-5-10(14)12(9)15/h3-5,16H,2,6-8H2,1H3. The van der Waals surface area contributed by atoms with Crippen LogP contribution in [0.2, 0.25) is 5.02 Å². The van der Waals surface area contributed by atoms with Gasteiger partial charge in [0.1, 0.15) is 0 Å². The highest BCUT2D eigenvalue weighted by atomic mass is 35.5. The summed E-state index contributed by atoms with van der Waals surface area (Å²) in [6.07, 6.45) is 1.69. The lowest BCUT2D eigenvalue weighted by molar-refractivity contribution is 0.491. The molecule has 0 aliphatic carbocycles. The molecule has 0 saturated carbocycles. The van der Waals surface area contributed by atoms with Gasteiger partial charge in [0.05, 0.1) is 10.6 Å². The molecule has 19 heavy (non-hydrogen) atoms. The van der Waals surface area contributed by atoms with E-state index in [1.807, 2.05) is 0 Å². The quantitative estimate of drug-likeness (QED) is 0.828. The second-order valence-corrected chi connectivity index (χ2v) is 4.51. The average molecular weight is 284 g/mol. The third-order valence-corrected chi connectivity index (χ3v) is 2.88. The first-order valence-electron chi connectivity index (χ1n) is 6.20. The Balaban J connectivity index is 2.06. The highest BCUT2D eigenvalue weighted by molar-refractivity contribution is 6.31. The molecule has 1 aromatic heterocycles. The molecule has 102 valence electrons. The molecule has 0 aliphatic rings. The van der Waals surface area contributed by atoms with E-state index >= 15 is 0 Å². The van der Waals surface area contributed by atoms with Gasteiger partial charge in [-0.3, -0.25) is 0 Å². The average Bonchev–Trinajstić information content (AvgIpc) is 2.87. The lowest BCUT2D eigenvalue weighted by Gasteiger charge is -2.00. The Hall–Kier alpha value is -1.46. The van der Waals surface area contributed by atoms with Crippen LogP contribution in [0.1, 0.15) is 19.2 Å². The molecule has 1 heterocycles. The first-order chi connectivity index (χ1) is 9.22. The Labute approximate surface area is 116 Å². The summed E-state index contributed by atoms with van der Waals surface area (Å²) >= 11 is 5.71. The minimum atomic E-state index is -0.538. The number of hydrogen-bond donors (Lipinski definition) is 1. The van der Waals surface area contributed by atoms with Crippen LogP contribution in [-0.2, 0) is 6.42 Å². The molecule has 6 heteroatoms. The van der Waals surface area contributed by atoms with E-state index in [1.165, 1.54) is 6.07 Å². The number of nitrogens with zero attached hydrogens (tertiary/aromatic N) is 2. The summed E-state index contributed by atoms with van der Waals surface area (Å²) in [5.74, 6) is 0.104. The van der Waals surface area contributed by atoms with Gasteiger partial charge in [0.2, 0.25) is 5.89 Å². The molecule has 2 aromatic rings. The van der Waals surface area contributed by atoms with Gasteiger partial charge in [0.15, 0.2) is 5.82 Å². The van der Waals surface area contributed by atoms with Gasteiger partial charge < -0.3 is 9.73 Å². The molecular weight excluding hydrogens is 269 g/mol. The summed E-state index contributed by atoms with van der Waals surface area (Å²) in [6.45, 7) is 3.80. The van der Waals surface area contributed by atoms with E-state index in [4.69, 9.17) is 16.0 Å². The zero-order valence-corrected chi connectivity index (χ0v) is 11.4. The largest absolute Gasteiger partial charge is 0.421 e. The van der Waals surface area contributed by atoms with Crippen molar-refractivity contribution in [2.45, 2.75) is 19.8 Å². The Morgan fingerprint density at radius 3 is 2.95 bits per heavy atom. The zero-order valence-electron chi connectivity index (χ0n) is 10.6. The topological polar surface area (TPSA) is 51.0 Å². The first kappa shape index (κ1) is 14.0. The van der Waals surface area contributed by atoms with Crippen molar-refractivity contribution < 1.29 is 8.81 Å². The number of rotatable bonds is 6. The van der Waals surface area contributed by atoms with Crippen molar-refractivity contribution in [2.24, 2.45) is 0 Å². The number of halogens is 2. The van der Waals surface area contributed by atoms with Gasteiger partial charge in [-0.25, -0.2) is 4.39 Å². The summed E-state index contributed by atoms with van der Waals surface area (Å²) in [7, 11) is 0. The predicted molar refractivity (Wildman–Crippen MR) is 71.6 cm³/mol. The van der Waals surface area contributed by atoms with E-state index in [-0.39, 0.29) is 16.5 Å². The van der Waals surface area contributed by atoms with E-state index in [0.29, 0.717) is 12.3 Å². The molecule has 0 bridgehead atoms. The molecule has 0 unspecified atom stereocenters. The second-order valence-electron chi connectivity index (χ2n) is 4.10. The summed E-state index contributed by atoms with van der Waals surface area (Å²) in [6, 6.07) is 4.69. The zero-order chi connectivity index (χ0) is 13.7. The minimum Gasteiger partial charge on any atom is -0.421 e. The van der Waals surface area contributed by atoms with Crippen LogP contribution in [-0.4, -0.2) is 23.3 Å². The number of benzene rings is 1. The van der Waals surface area contributed by atoms with Gasteiger partial charge in [0.25, 0.3) is 5.89 Å². The lowest BCUT2D eigenvalue weighted by Crippen LogP contribution is -2.17. The molecule has 0 fully saturated rings. The Morgan fingerprint density at radius 1 is 1.32 bits per heavy atom. The maximum atomic E-state index is 13.8. The number of nitrogens with one attached hydrogen (secondary N) is 1. The Kier molecular flexibility index (Phi) is 4.87. The highest BCUT2D eigenvalue weighted by Crippen LogP contribution is 2.26. The smallest absolute Gasteiger partial charge is 0.250 e. The molecule has 0 spiro atoms. The van der Waals surface area contributed by atoms with Crippen molar-refractivity contribution in [3.63, 3.8) is 0 Å². The molecule has 2 rings (SSSR count). The Bertz CT molecular complexity index is 544. The van der Waals surface area contributed by atoms with Gasteiger partial charge in [-0.1, -0.05) is 24.6 Å². The van der Waals surface area contributed by atoms with Gasteiger partial charge >= 0.3 is 0 Å². The first-order valence-corrected chi connectivity index (χ1v) is 6.57. The van der Waals surface area contributed by atoms with E-state index in [9.17, 15) is 4.39 Å². The maximum Gasteiger partial charge on any atom is 0.250 e. The van der Waals surface area contributed by atoms with E-state index in [0.717, 1.165) is 19.5 Å². The van der Waals surface area contributed by atoms with E-state index < -0.39 is 5.82 Å². The Morgan fingerprint density at radius 2 is 2.16 bits per heavy atom. The van der Waals surface area contributed by atoms with Crippen LogP contribution in [0.5, 0.6) is 0 Å². The van der Waals surface area contributed by atoms with Crippen LogP contribution in [0.15, 0.2) is 22.6 Å². The third kappa shape index (κ3) is 3.52. The lowest BCUT2D eigenvalue weighted by atomic mass is 10.2. The van der Waals surface area contributed by atoms with Crippen molar-refractivity contribution in [3.8, 4) is 11.5 Å². The van der Waals surface area contributed by atoms with Crippen LogP contribution < -0.4 is 5.32 Å². The molecular formula is C13H15ClFN3O. The third-order valence-electron chi connectivity index (χ3n) is 2.59. The van der Waals surface area contributed by atoms with Crippen LogP contribution >= 0.6 is 11.6 Å². The van der Waals surface area contributed by atoms with Gasteiger partial charge in [-0.15, -0.1) is 10.2 Å². The highest BCUT2D eigenvalue weighted by Gasteiger charge is 2.14. The fourth-order valence-electron chi connectivity index (χ4n) is 1.63. The maximum absolute atomic E-state index is 13.8. The van der Waals surface area contributed by atoms with Crippen molar-refractivity contribution in [2.75, 3.05) is 13.1 Å². The molecule has 4 nitrogen and oxygen atoms in total. The molecule has 0 aliphatic heterocycles. The normalized spacial score (nSPS) is 10.9. The van der Waals surface area contributed by atoms with Crippen LogP contribution in [0.3, 0.4) is 0 Å².